The van der Waals surface area contributed by atoms with Gasteiger partial charge in [-0.25, -0.2) is 4.79 Å². The first-order chi connectivity index (χ1) is 13.2. The molecule has 2 heterocycles. The van der Waals surface area contributed by atoms with Gasteiger partial charge in [0.2, 0.25) is 0 Å². The molecule has 1 aliphatic rings. The first kappa shape index (κ1) is 17.4. The smallest absolute Gasteiger partial charge is 0.342 e. The number of rotatable bonds is 4. The maximum absolute atomic E-state index is 12.6. The lowest BCUT2D eigenvalue weighted by molar-refractivity contribution is 0.0594. The molecule has 0 aliphatic carbocycles. The van der Waals surface area contributed by atoms with Gasteiger partial charge in [0, 0.05) is 23.1 Å². The zero-order chi connectivity index (χ0) is 19.0. The summed E-state index contributed by atoms with van der Waals surface area (Å²) in [6.45, 7) is 0.814. The van der Waals surface area contributed by atoms with Gasteiger partial charge in [-0.1, -0.05) is 24.3 Å². The van der Waals surface area contributed by atoms with Crippen LogP contribution in [-0.2, 0) is 11.2 Å². The zero-order valence-electron chi connectivity index (χ0n) is 15.6. The Morgan fingerprint density at radius 3 is 2.63 bits per heavy atom. The van der Waals surface area contributed by atoms with Gasteiger partial charge in [-0.2, -0.15) is 0 Å². The number of hydrogen-bond acceptors (Lipinski definition) is 5. The fourth-order valence-electron chi connectivity index (χ4n) is 3.94. The van der Waals surface area contributed by atoms with Crippen LogP contribution in [0.15, 0.2) is 36.4 Å². The molecule has 0 saturated carbocycles. The van der Waals surface area contributed by atoms with Crippen molar-refractivity contribution in [1.82, 2.24) is 10.3 Å². The second-order valence-electron chi connectivity index (χ2n) is 6.46. The van der Waals surface area contributed by atoms with E-state index < -0.39 is 5.97 Å². The minimum absolute atomic E-state index is 0.171. The van der Waals surface area contributed by atoms with E-state index in [1.54, 1.807) is 7.11 Å². The Kier molecular flexibility index (Phi) is 4.49. The van der Waals surface area contributed by atoms with Gasteiger partial charge in [-0.15, -0.1) is 0 Å². The molecule has 1 atom stereocenters. The molecule has 6 heteroatoms. The van der Waals surface area contributed by atoms with E-state index in [1.807, 2.05) is 24.3 Å². The van der Waals surface area contributed by atoms with Crippen LogP contribution in [0.2, 0.25) is 0 Å². The number of aromatic nitrogens is 1. The van der Waals surface area contributed by atoms with Crippen LogP contribution in [0, 0.1) is 0 Å². The predicted molar refractivity (Wildman–Crippen MR) is 103 cm³/mol. The second kappa shape index (κ2) is 6.96. The summed E-state index contributed by atoms with van der Waals surface area (Å²) >= 11 is 0. The molecule has 2 aromatic carbocycles. The molecule has 0 unspecified atom stereocenters. The van der Waals surface area contributed by atoms with Crippen molar-refractivity contribution in [3.8, 4) is 11.5 Å². The molecule has 0 saturated heterocycles. The van der Waals surface area contributed by atoms with Crippen LogP contribution < -0.4 is 14.8 Å². The van der Waals surface area contributed by atoms with Gasteiger partial charge in [0.1, 0.15) is 5.56 Å². The molecule has 140 valence electrons. The first-order valence-corrected chi connectivity index (χ1v) is 8.85. The summed E-state index contributed by atoms with van der Waals surface area (Å²) in [6, 6.07) is 11.8. The number of aromatic amines is 1. The molecule has 0 radical (unpaired) electrons. The molecule has 1 aliphatic heterocycles. The minimum Gasteiger partial charge on any atom is -0.493 e. The average molecular weight is 366 g/mol. The van der Waals surface area contributed by atoms with E-state index in [9.17, 15) is 4.79 Å². The van der Waals surface area contributed by atoms with Crippen LogP contribution in [-0.4, -0.2) is 38.8 Å². The number of carbonyl (C=O) groups is 1. The highest BCUT2D eigenvalue weighted by molar-refractivity contribution is 5.96. The Labute approximate surface area is 157 Å². The number of fused-ring (bicyclic) bond motifs is 3. The molecule has 0 amide bonds. The Hall–Kier alpha value is -2.99. The third-order valence-corrected chi connectivity index (χ3v) is 5.14. The Bertz CT molecular complexity index is 1010. The standard InChI is InChI=1S/C21H22N2O4/c1-25-16-9-8-14(17(20(16)26-2)21(24)27-3)18-19-13(10-11-22-18)12-6-4-5-7-15(12)23-19/h4-9,18,22-23H,10-11H2,1-3H3/t18-/m0/s1. The van der Waals surface area contributed by atoms with Crippen LogP contribution in [0.5, 0.6) is 11.5 Å². The van der Waals surface area contributed by atoms with Gasteiger partial charge in [0.15, 0.2) is 11.5 Å². The molecule has 4 rings (SSSR count). The van der Waals surface area contributed by atoms with Gasteiger partial charge < -0.3 is 24.5 Å². The fourth-order valence-corrected chi connectivity index (χ4v) is 3.94. The van der Waals surface area contributed by atoms with E-state index in [2.05, 4.69) is 22.4 Å². The number of benzene rings is 2. The van der Waals surface area contributed by atoms with Crippen LogP contribution in [0.1, 0.15) is 33.2 Å². The summed E-state index contributed by atoms with van der Waals surface area (Å²) in [5.41, 5.74) is 4.62. The third-order valence-electron chi connectivity index (χ3n) is 5.14. The Morgan fingerprint density at radius 2 is 1.89 bits per heavy atom. The van der Waals surface area contributed by atoms with Gasteiger partial charge >= 0.3 is 5.97 Å². The first-order valence-electron chi connectivity index (χ1n) is 8.85. The number of ether oxygens (including phenoxy) is 3. The SMILES string of the molecule is COC(=O)c1c([C@@H]2NCCc3c2[nH]c2ccccc32)ccc(OC)c1OC. The monoisotopic (exact) mass is 366 g/mol. The lowest BCUT2D eigenvalue weighted by atomic mass is 9.91. The van der Waals surface area contributed by atoms with Crippen molar-refractivity contribution in [1.29, 1.82) is 0 Å². The van der Waals surface area contributed by atoms with Gasteiger partial charge in [0.05, 0.1) is 27.4 Å². The van der Waals surface area contributed by atoms with Crippen LogP contribution in [0.4, 0.5) is 0 Å². The topological polar surface area (TPSA) is 72.6 Å². The van der Waals surface area contributed by atoms with Crippen LogP contribution >= 0.6 is 0 Å². The fraction of sp³-hybridized carbons (Fsp3) is 0.286. The summed E-state index contributed by atoms with van der Waals surface area (Å²) in [7, 11) is 4.44. The van der Waals surface area contributed by atoms with Crippen LogP contribution in [0.25, 0.3) is 10.9 Å². The molecule has 6 nitrogen and oxygen atoms in total. The maximum Gasteiger partial charge on any atom is 0.342 e. The number of methoxy groups -OCH3 is 3. The van der Waals surface area contributed by atoms with E-state index in [0.717, 1.165) is 29.7 Å². The number of H-pyrrole nitrogens is 1. The van der Waals surface area contributed by atoms with Crippen molar-refractivity contribution < 1.29 is 19.0 Å². The molecule has 3 aromatic rings. The number of hydrogen-bond donors (Lipinski definition) is 2. The van der Waals surface area contributed by atoms with E-state index in [1.165, 1.54) is 25.2 Å². The molecule has 0 bridgehead atoms. The number of para-hydroxylation sites is 1. The summed E-state index contributed by atoms with van der Waals surface area (Å²) in [5, 5.41) is 4.75. The highest BCUT2D eigenvalue weighted by Gasteiger charge is 2.31. The molecular formula is C21H22N2O4. The zero-order valence-corrected chi connectivity index (χ0v) is 15.6. The number of esters is 1. The molecule has 27 heavy (non-hydrogen) atoms. The summed E-state index contributed by atoms with van der Waals surface area (Å²) in [6.07, 6.45) is 0.927. The van der Waals surface area contributed by atoms with E-state index >= 15 is 0 Å². The highest BCUT2D eigenvalue weighted by atomic mass is 16.5. The number of nitrogens with one attached hydrogen (secondary N) is 2. The lowest BCUT2D eigenvalue weighted by Gasteiger charge is -2.27. The Balaban J connectivity index is 1.94. The average Bonchev–Trinajstić information content (AvgIpc) is 3.10. The van der Waals surface area contributed by atoms with Gasteiger partial charge in [0.25, 0.3) is 0 Å². The second-order valence-corrected chi connectivity index (χ2v) is 6.46. The van der Waals surface area contributed by atoms with Gasteiger partial charge in [-0.05, 0) is 29.7 Å². The molecule has 2 N–H and O–H groups in total. The van der Waals surface area contributed by atoms with Crippen molar-refractivity contribution in [2.75, 3.05) is 27.9 Å². The lowest BCUT2D eigenvalue weighted by Crippen LogP contribution is -2.31. The minimum atomic E-state index is -0.453. The molecular weight excluding hydrogens is 344 g/mol. The summed E-state index contributed by atoms with van der Waals surface area (Å²) in [5.74, 6) is 0.423. The summed E-state index contributed by atoms with van der Waals surface area (Å²) < 4.78 is 15.9. The molecule has 0 spiro atoms. The normalized spacial score (nSPS) is 16.0. The van der Waals surface area contributed by atoms with E-state index in [0.29, 0.717) is 17.1 Å². The quantitative estimate of drug-likeness (QED) is 0.694. The third kappa shape index (κ3) is 2.73. The molecule has 0 fully saturated rings. The largest absolute Gasteiger partial charge is 0.493 e. The van der Waals surface area contributed by atoms with Crippen LogP contribution in [0.3, 0.4) is 0 Å². The Morgan fingerprint density at radius 1 is 1.07 bits per heavy atom. The van der Waals surface area contributed by atoms with Crippen molar-refractivity contribution in [3.05, 3.63) is 58.8 Å². The van der Waals surface area contributed by atoms with E-state index in [4.69, 9.17) is 14.2 Å². The van der Waals surface area contributed by atoms with Crippen molar-refractivity contribution in [2.45, 2.75) is 12.5 Å². The van der Waals surface area contributed by atoms with Crippen molar-refractivity contribution in [2.24, 2.45) is 0 Å². The predicted octanol–water partition coefficient (Wildman–Crippen LogP) is 3.21. The van der Waals surface area contributed by atoms with Crippen molar-refractivity contribution in [3.63, 3.8) is 0 Å². The summed E-state index contributed by atoms with van der Waals surface area (Å²) in [4.78, 5) is 16.1. The number of carbonyl (C=O) groups excluding carboxylic acids is 1. The van der Waals surface area contributed by atoms with Gasteiger partial charge in [-0.3, -0.25) is 0 Å². The molecule has 1 aromatic heterocycles. The van der Waals surface area contributed by atoms with E-state index in [-0.39, 0.29) is 6.04 Å². The maximum atomic E-state index is 12.6. The van der Waals surface area contributed by atoms with Crippen molar-refractivity contribution >= 4 is 16.9 Å². The highest BCUT2D eigenvalue weighted by Crippen LogP contribution is 2.40.